The van der Waals surface area contributed by atoms with E-state index in [-0.39, 0.29) is 0 Å². The summed E-state index contributed by atoms with van der Waals surface area (Å²) in [6.07, 6.45) is 11.3. The first-order valence-electron chi connectivity index (χ1n) is 9.08. The Morgan fingerprint density at radius 1 is 1.11 bits per heavy atom. The van der Waals surface area contributed by atoms with E-state index < -0.39 is 0 Å². The number of aromatic nitrogens is 1. The lowest BCUT2D eigenvalue weighted by molar-refractivity contribution is 0.440. The van der Waals surface area contributed by atoms with Crippen molar-refractivity contribution in [3.8, 4) is 0 Å². The first kappa shape index (κ1) is 17.1. The van der Waals surface area contributed by atoms with Gasteiger partial charge in [0.05, 0.1) is 23.6 Å². The van der Waals surface area contributed by atoms with Crippen molar-refractivity contribution in [2.24, 2.45) is 4.99 Å². The summed E-state index contributed by atoms with van der Waals surface area (Å²) >= 11 is 0. The topological polar surface area (TPSA) is 43.8 Å². The quantitative estimate of drug-likeness (QED) is 0.905. The van der Waals surface area contributed by atoms with Gasteiger partial charge >= 0.3 is 0 Å². The highest BCUT2D eigenvalue weighted by Gasteiger charge is 2.21. The van der Waals surface area contributed by atoms with Gasteiger partial charge in [-0.05, 0) is 42.8 Å². The Hall–Kier alpha value is -3.34. The Labute approximate surface area is 160 Å². The number of fused-ring (bicyclic) bond motifs is 1. The van der Waals surface area contributed by atoms with Gasteiger partial charge in [-0.2, -0.15) is 0 Å². The van der Waals surface area contributed by atoms with Gasteiger partial charge in [0.15, 0.2) is 0 Å². The molecular formula is C22H23N5. The van der Waals surface area contributed by atoms with Crippen LogP contribution >= 0.6 is 0 Å². The number of allylic oxidation sites excluding steroid dienone is 3. The summed E-state index contributed by atoms with van der Waals surface area (Å²) in [5.74, 6) is 0.828. The number of pyridine rings is 1. The zero-order valence-corrected chi connectivity index (χ0v) is 15.6. The Kier molecular flexibility index (Phi) is 4.75. The third-order valence-electron chi connectivity index (χ3n) is 4.57. The van der Waals surface area contributed by atoms with Crippen LogP contribution in [0.4, 0.5) is 5.69 Å². The van der Waals surface area contributed by atoms with Gasteiger partial charge in [-0.1, -0.05) is 30.4 Å². The predicted molar refractivity (Wildman–Crippen MR) is 111 cm³/mol. The van der Waals surface area contributed by atoms with Gasteiger partial charge in [-0.25, -0.2) is 0 Å². The summed E-state index contributed by atoms with van der Waals surface area (Å²) in [5, 5.41) is 2.11. The molecule has 1 aromatic carbocycles. The number of hydrazine groups is 1. The van der Waals surface area contributed by atoms with Gasteiger partial charge in [-0.15, -0.1) is 0 Å². The van der Waals surface area contributed by atoms with Gasteiger partial charge in [-0.3, -0.25) is 20.4 Å². The molecule has 27 heavy (non-hydrogen) atoms. The minimum atomic E-state index is 0.551. The molecule has 3 heterocycles. The summed E-state index contributed by atoms with van der Waals surface area (Å²) in [5.41, 5.74) is 9.04. The average Bonchev–Trinajstić information content (AvgIpc) is 2.72. The molecule has 5 nitrogen and oxygen atoms in total. The summed E-state index contributed by atoms with van der Waals surface area (Å²) < 4.78 is 0. The van der Waals surface area contributed by atoms with Crippen LogP contribution in [0.5, 0.6) is 0 Å². The molecule has 0 saturated heterocycles. The van der Waals surface area contributed by atoms with E-state index in [0.29, 0.717) is 6.54 Å². The van der Waals surface area contributed by atoms with Gasteiger partial charge in [0.1, 0.15) is 5.84 Å². The number of rotatable bonds is 4. The third kappa shape index (κ3) is 3.77. The molecule has 0 bridgehead atoms. The van der Waals surface area contributed by atoms with Crippen molar-refractivity contribution in [1.29, 1.82) is 0 Å². The van der Waals surface area contributed by atoms with Crippen LogP contribution in [0.25, 0.3) is 5.70 Å². The maximum Gasteiger partial charge on any atom is 0.140 e. The van der Waals surface area contributed by atoms with E-state index in [1.807, 2.05) is 24.3 Å². The van der Waals surface area contributed by atoms with Crippen molar-refractivity contribution < 1.29 is 0 Å². The van der Waals surface area contributed by atoms with E-state index in [2.05, 4.69) is 81.9 Å². The number of benzene rings is 1. The molecule has 0 radical (unpaired) electrons. The Morgan fingerprint density at radius 3 is 2.85 bits per heavy atom. The van der Waals surface area contributed by atoms with Gasteiger partial charge in [0.25, 0.3) is 0 Å². The summed E-state index contributed by atoms with van der Waals surface area (Å²) in [4.78, 5) is 11.1. The van der Waals surface area contributed by atoms with Gasteiger partial charge in [0.2, 0.25) is 0 Å². The van der Waals surface area contributed by atoms with Crippen LogP contribution in [0, 0.1) is 0 Å². The molecule has 136 valence electrons. The number of anilines is 1. The lowest BCUT2D eigenvalue weighted by atomic mass is 10.0. The molecule has 0 atom stereocenters. The molecule has 1 aromatic heterocycles. The largest absolute Gasteiger partial charge is 0.378 e. The van der Waals surface area contributed by atoms with Crippen LogP contribution in [0.1, 0.15) is 17.7 Å². The number of nitrogens with one attached hydrogen (secondary N) is 1. The highest BCUT2D eigenvalue weighted by molar-refractivity contribution is 5.95. The molecule has 4 rings (SSSR count). The predicted octanol–water partition coefficient (Wildman–Crippen LogP) is 3.75. The minimum Gasteiger partial charge on any atom is -0.378 e. The second-order valence-corrected chi connectivity index (χ2v) is 6.70. The van der Waals surface area contributed by atoms with E-state index in [1.165, 1.54) is 11.3 Å². The molecule has 1 N–H and O–H groups in total. The maximum absolute atomic E-state index is 4.67. The average molecular weight is 357 g/mol. The van der Waals surface area contributed by atoms with Gasteiger partial charge < -0.3 is 4.90 Å². The minimum absolute atomic E-state index is 0.551. The Bertz CT molecular complexity index is 938. The summed E-state index contributed by atoms with van der Waals surface area (Å²) in [7, 11) is 4.12. The number of nitrogens with zero attached hydrogens (tertiary/aromatic N) is 4. The lowest BCUT2D eigenvalue weighted by Crippen LogP contribution is -2.42. The zero-order valence-electron chi connectivity index (χ0n) is 15.6. The molecule has 5 heteroatoms. The number of hydrogen-bond donors (Lipinski definition) is 1. The first-order chi connectivity index (χ1) is 13.2. The van der Waals surface area contributed by atoms with Crippen molar-refractivity contribution in [3.05, 3.63) is 89.9 Å². The van der Waals surface area contributed by atoms with Crippen LogP contribution in [0.15, 0.2) is 83.7 Å². The highest BCUT2D eigenvalue weighted by Crippen LogP contribution is 2.30. The van der Waals surface area contributed by atoms with Gasteiger partial charge in [0, 0.05) is 31.5 Å². The molecule has 2 aromatic rings. The van der Waals surface area contributed by atoms with Crippen LogP contribution in [0.3, 0.4) is 0 Å². The first-order valence-corrected chi connectivity index (χ1v) is 9.08. The fraction of sp³-hybridized carbons (Fsp3) is 0.182. The normalized spacial score (nSPS) is 17.1. The second kappa shape index (κ2) is 7.50. The lowest BCUT2D eigenvalue weighted by Gasteiger charge is -2.34. The molecule has 2 aliphatic rings. The fourth-order valence-corrected chi connectivity index (χ4v) is 3.13. The summed E-state index contributed by atoms with van der Waals surface area (Å²) in [6, 6.07) is 14.5. The van der Waals surface area contributed by atoms with Crippen molar-refractivity contribution in [1.82, 2.24) is 15.4 Å². The molecule has 0 unspecified atom stereocenters. The second-order valence-electron chi connectivity index (χ2n) is 6.70. The SMILES string of the molecule is CN(C)c1cccc(C2=CCC=C3C=CC(=NCc4ccccn4)NN32)c1. The number of aliphatic imine (C=N–C) groups is 1. The van der Waals surface area contributed by atoms with E-state index in [1.54, 1.807) is 6.20 Å². The highest BCUT2D eigenvalue weighted by atomic mass is 15.5. The molecule has 0 aliphatic carbocycles. The monoisotopic (exact) mass is 357 g/mol. The summed E-state index contributed by atoms with van der Waals surface area (Å²) in [6.45, 7) is 0.551. The van der Waals surface area contributed by atoms with Crippen molar-refractivity contribution in [2.75, 3.05) is 19.0 Å². The molecular weight excluding hydrogens is 334 g/mol. The van der Waals surface area contributed by atoms with Crippen LogP contribution < -0.4 is 10.3 Å². The number of amidine groups is 1. The molecule has 0 fully saturated rings. The Balaban J connectivity index is 1.58. The van der Waals surface area contributed by atoms with Crippen LogP contribution in [0.2, 0.25) is 0 Å². The smallest absolute Gasteiger partial charge is 0.140 e. The standard InChI is InChI=1S/C22H23N5/c1-26(2)20-10-5-7-17(15-20)21-11-6-9-19-12-13-22(25-27(19)21)24-16-18-8-3-4-14-23-18/h3-5,7-15H,6,16H2,1-2H3,(H,24,25). The van der Waals surface area contributed by atoms with Crippen LogP contribution in [-0.2, 0) is 6.54 Å². The van der Waals surface area contributed by atoms with E-state index in [0.717, 1.165) is 29.3 Å². The molecule has 0 amide bonds. The Morgan fingerprint density at radius 2 is 2.04 bits per heavy atom. The molecule has 0 saturated carbocycles. The van der Waals surface area contributed by atoms with Crippen molar-refractivity contribution in [2.45, 2.75) is 13.0 Å². The van der Waals surface area contributed by atoms with Crippen LogP contribution in [-0.4, -0.2) is 29.9 Å². The molecule has 0 spiro atoms. The number of hydrogen-bond acceptors (Lipinski definition) is 4. The van der Waals surface area contributed by atoms with Crippen molar-refractivity contribution in [3.63, 3.8) is 0 Å². The maximum atomic E-state index is 4.67. The zero-order chi connectivity index (χ0) is 18.6. The molecule has 2 aliphatic heterocycles. The van der Waals surface area contributed by atoms with Crippen molar-refractivity contribution >= 4 is 17.2 Å². The third-order valence-corrected chi connectivity index (χ3v) is 4.57. The van der Waals surface area contributed by atoms with E-state index >= 15 is 0 Å². The fourth-order valence-electron chi connectivity index (χ4n) is 3.13. The van der Waals surface area contributed by atoms with E-state index in [4.69, 9.17) is 0 Å². The van der Waals surface area contributed by atoms with E-state index in [9.17, 15) is 0 Å².